The van der Waals surface area contributed by atoms with Gasteiger partial charge in [0.05, 0.1) is 11.0 Å². The molecule has 0 fully saturated rings. The summed E-state index contributed by atoms with van der Waals surface area (Å²) in [5, 5.41) is 8.79. The van der Waals surface area contributed by atoms with Crippen molar-refractivity contribution >= 4 is 44.0 Å². The third kappa shape index (κ3) is 4.92. The number of nitrogens with one attached hydrogen (secondary N) is 1. The van der Waals surface area contributed by atoms with Crippen LogP contribution in [-0.4, -0.2) is 4.57 Å². The van der Waals surface area contributed by atoms with E-state index in [-0.39, 0.29) is 0 Å². The lowest BCUT2D eigenvalue weighted by Crippen LogP contribution is -1.99. The normalized spacial score (nSPS) is 11.3. The van der Waals surface area contributed by atoms with Crippen molar-refractivity contribution in [3.8, 4) is 39.1 Å². The van der Waals surface area contributed by atoms with Crippen LogP contribution in [0.25, 0.3) is 71.6 Å². The van der Waals surface area contributed by atoms with Gasteiger partial charge in [0.1, 0.15) is 0 Å². The molecule has 0 bridgehead atoms. The SMILES string of the molecule is c1ccc(-c2ccc(-n3c4ccccc4c4ccc(Nc5ccc(-c6ccc7ccccc7c6)cc5)c(-c5ccccc5)c43)cc2)cc1. The summed E-state index contributed by atoms with van der Waals surface area (Å²) in [7, 11) is 0. The standard InChI is InChI=1S/C46H32N2/c1-3-11-32(12-4-1)34-23-27-40(28-24-34)48-44-18-10-9-17-41(44)42-29-30-43(45(46(42)48)36-14-5-2-6-15-36)47-39-25-21-35(22-26-39)38-20-19-33-13-7-8-16-37(33)31-38/h1-31,47H. The van der Waals surface area contributed by atoms with Gasteiger partial charge in [0.25, 0.3) is 0 Å². The van der Waals surface area contributed by atoms with Crippen LogP contribution in [0.3, 0.4) is 0 Å². The zero-order valence-corrected chi connectivity index (χ0v) is 26.3. The van der Waals surface area contributed by atoms with Crippen molar-refractivity contribution in [2.75, 3.05) is 5.32 Å². The quantitative estimate of drug-likeness (QED) is 0.198. The van der Waals surface area contributed by atoms with E-state index in [1.165, 1.54) is 66.0 Å². The van der Waals surface area contributed by atoms with Gasteiger partial charge in [-0.2, -0.15) is 0 Å². The van der Waals surface area contributed by atoms with Crippen molar-refractivity contribution in [2.45, 2.75) is 0 Å². The molecule has 0 unspecified atom stereocenters. The van der Waals surface area contributed by atoms with Crippen LogP contribution >= 0.6 is 0 Å². The predicted octanol–water partition coefficient (Wildman–Crippen LogP) is 12.7. The molecular formula is C46H32N2. The zero-order valence-electron chi connectivity index (χ0n) is 26.3. The Hall–Kier alpha value is -6.38. The van der Waals surface area contributed by atoms with Crippen molar-refractivity contribution in [1.82, 2.24) is 4.57 Å². The maximum absolute atomic E-state index is 3.81. The van der Waals surface area contributed by atoms with Gasteiger partial charge < -0.3 is 9.88 Å². The first-order chi connectivity index (χ1) is 23.8. The van der Waals surface area contributed by atoms with Crippen molar-refractivity contribution < 1.29 is 0 Å². The highest BCUT2D eigenvalue weighted by Crippen LogP contribution is 2.43. The summed E-state index contributed by atoms with van der Waals surface area (Å²) in [5.74, 6) is 0. The minimum Gasteiger partial charge on any atom is -0.355 e. The summed E-state index contributed by atoms with van der Waals surface area (Å²) in [6.07, 6.45) is 0. The Kier molecular flexibility index (Phi) is 6.84. The second kappa shape index (κ2) is 11.8. The molecule has 48 heavy (non-hydrogen) atoms. The van der Waals surface area contributed by atoms with Crippen LogP contribution in [0.2, 0.25) is 0 Å². The third-order valence-electron chi connectivity index (χ3n) is 9.38. The summed E-state index contributed by atoms with van der Waals surface area (Å²) in [4.78, 5) is 0. The second-order valence-electron chi connectivity index (χ2n) is 12.3. The lowest BCUT2D eigenvalue weighted by Gasteiger charge is -2.17. The number of nitrogens with zero attached hydrogens (tertiary/aromatic N) is 1. The summed E-state index contributed by atoms with van der Waals surface area (Å²) in [6, 6.07) is 67.5. The Morgan fingerprint density at radius 2 is 0.958 bits per heavy atom. The van der Waals surface area contributed by atoms with Gasteiger partial charge in [-0.25, -0.2) is 0 Å². The average Bonchev–Trinajstić information content (AvgIpc) is 3.50. The highest BCUT2D eigenvalue weighted by molar-refractivity contribution is 6.16. The Balaban J connectivity index is 1.18. The molecule has 0 aliphatic carbocycles. The number of anilines is 2. The lowest BCUT2D eigenvalue weighted by atomic mass is 9.99. The lowest BCUT2D eigenvalue weighted by molar-refractivity contribution is 1.18. The molecule has 0 spiro atoms. The van der Waals surface area contributed by atoms with Gasteiger partial charge in [0.2, 0.25) is 0 Å². The van der Waals surface area contributed by atoms with Crippen molar-refractivity contribution in [3.63, 3.8) is 0 Å². The summed E-state index contributed by atoms with van der Waals surface area (Å²) in [5.41, 5.74) is 12.8. The van der Waals surface area contributed by atoms with Crippen LogP contribution in [0.15, 0.2) is 188 Å². The minimum absolute atomic E-state index is 1.05. The van der Waals surface area contributed by atoms with Gasteiger partial charge in [-0.05, 0) is 81.1 Å². The van der Waals surface area contributed by atoms with Gasteiger partial charge in [-0.1, -0.05) is 146 Å². The number of para-hydroxylation sites is 1. The third-order valence-corrected chi connectivity index (χ3v) is 9.38. The fourth-order valence-electron chi connectivity index (χ4n) is 7.03. The molecular weight excluding hydrogens is 581 g/mol. The van der Waals surface area contributed by atoms with E-state index in [1.54, 1.807) is 0 Å². The molecule has 1 heterocycles. The highest BCUT2D eigenvalue weighted by Gasteiger charge is 2.20. The van der Waals surface area contributed by atoms with Gasteiger partial charge in [-0.15, -0.1) is 0 Å². The highest BCUT2D eigenvalue weighted by atomic mass is 15.0. The Morgan fingerprint density at radius 3 is 1.73 bits per heavy atom. The van der Waals surface area contributed by atoms with Crippen LogP contribution < -0.4 is 5.32 Å². The number of fused-ring (bicyclic) bond motifs is 4. The van der Waals surface area contributed by atoms with Crippen molar-refractivity contribution in [1.29, 1.82) is 0 Å². The smallest absolute Gasteiger partial charge is 0.0640 e. The van der Waals surface area contributed by atoms with Crippen LogP contribution in [0.1, 0.15) is 0 Å². The maximum Gasteiger partial charge on any atom is 0.0640 e. The van der Waals surface area contributed by atoms with Crippen molar-refractivity contribution in [2.24, 2.45) is 0 Å². The first kappa shape index (κ1) is 27.9. The number of aromatic nitrogens is 1. The van der Waals surface area contributed by atoms with Gasteiger partial charge in [-0.3, -0.25) is 0 Å². The van der Waals surface area contributed by atoms with Gasteiger partial charge in [0.15, 0.2) is 0 Å². The number of benzene rings is 8. The molecule has 1 aromatic heterocycles. The molecule has 0 aliphatic heterocycles. The molecule has 0 saturated heterocycles. The van der Waals surface area contributed by atoms with Crippen LogP contribution in [0.5, 0.6) is 0 Å². The van der Waals surface area contributed by atoms with E-state index in [0.29, 0.717) is 0 Å². The molecule has 0 saturated carbocycles. The summed E-state index contributed by atoms with van der Waals surface area (Å²) in [6.45, 7) is 0. The first-order valence-corrected chi connectivity index (χ1v) is 16.4. The first-order valence-electron chi connectivity index (χ1n) is 16.4. The maximum atomic E-state index is 3.81. The molecule has 8 aromatic carbocycles. The summed E-state index contributed by atoms with van der Waals surface area (Å²) < 4.78 is 2.43. The van der Waals surface area contributed by atoms with E-state index < -0.39 is 0 Å². The van der Waals surface area contributed by atoms with Gasteiger partial charge >= 0.3 is 0 Å². The molecule has 0 amide bonds. The number of rotatable bonds is 6. The second-order valence-corrected chi connectivity index (χ2v) is 12.3. The summed E-state index contributed by atoms with van der Waals surface area (Å²) >= 11 is 0. The zero-order chi connectivity index (χ0) is 31.9. The molecule has 2 heteroatoms. The minimum atomic E-state index is 1.05. The average molecular weight is 613 g/mol. The fraction of sp³-hybridized carbons (Fsp3) is 0. The van der Waals surface area contributed by atoms with E-state index in [0.717, 1.165) is 17.1 Å². The van der Waals surface area contributed by atoms with Crippen molar-refractivity contribution in [3.05, 3.63) is 188 Å². The molecule has 0 aliphatic rings. The number of hydrogen-bond acceptors (Lipinski definition) is 1. The van der Waals surface area contributed by atoms with E-state index in [9.17, 15) is 0 Å². The Bertz CT molecular complexity index is 2540. The topological polar surface area (TPSA) is 17.0 Å². The van der Waals surface area contributed by atoms with E-state index >= 15 is 0 Å². The molecule has 2 nitrogen and oxygen atoms in total. The monoisotopic (exact) mass is 612 g/mol. The van der Waals surface area contributed by atoms with Crippen LogP contribution in [0, 0.1) is 0 Å². The Labute approximate surface area is 280 Å². The molecule has 0 atom stereocenters. The van der Waals surface area contributed by atoms with E-state index in [1.807, 2.05) is 0 Å². The number of hydrogen-bond donors (Lipinski definition) is 1. The molecule has 9 rings (SSSR count). The molecule has 1 N–H and O–H groups in total. The van der Waals surface area contributed by atoms with E-state index in [2.05, 4.69) is 198 Å². The molecule has 0 radical (unpaired) electrons. The van der Waals surface area contributed by atoms with E-state index in [4.69, 9.17) is 0 Å². The fourth-order valence-corrected chi connectivity index (χ4v) is 7.03. The molecule has 9 aromatic rings. The predicted molar refractivity (Wildman–Crippen MR) is 204 cm³/mol. The van der Waals surface area contributed by atoms with Gasteiger partial charge in [0, 0.05) is 33.4 Å². The molecule has 226 valence electrons. The Morgan fingerprint density at radius 1 is 0.375 bits per heavy atom. The van der Waals surface area contributed by atoms with Crippen LogP contribution in [-0.2, 0) is 0 Å². The largest absolute Gasteiger partial charge is 0.355 e. The van der Waals surface area contributed by atoms with Crippen LogP contribution in [0.4, 0.5) is 11.4 Å².